The second kappa shape index (κ2) is 3.97. The molecule has 0 aromatic heterocycles. The standard InChI is InChI=1S/C11H23NO/c1-4-13-11(9-12)7-5-6-10(2,3)8-11/h4-9,12H2,1-3H3. The molecule has 0 aromatic rings. The van der Waals surface area contributed by atoms with Crippen molar-refractivity contribution in [3.8, 4) is 0 Å². The largest absolute Gasteiger partial charge is 0.374 e. The first-order valence-electron chi connectivity index (χ1n) is 5.38. The molecule has 0 spiro atoms. The van der Waals surface area contributed by atoms with Crippen LogP contribution in [0.4, 0.5) is 0 Å². The molecule has 0 aromatic carbocycles. The molecule has 1 aliphatic carbocycles. The lowest BCUT2D eigenvalue weighted by Gasteiger charge is -2.44. The van der Waals surface area contributed by atoms with Gasteiger partial charge in [0.2, 0.25) is 0 Å². The van der Waals surface area contributed by atoms with E-state index in [1.807, 2.05) is 0 Å². The van der Waals surface area contributed by atoms with Crippen molar-refractivity contribution in [3.05, 3.63) is 0 Å². The number of hydrogen-bond acceptors (Lipinski definition) is 2. The van der Waals surface area contributed by atoms with Crippen LogP contribution in [0.1, 0.15) is 46.5 Å². The van der Waals surface area contributed by atoms with E-state index in [0.29, 0.717) is 12.0 Å². The van der Waals surface area contributed by atoms with Gasteiger partial charge in [0.1, 0.15) is 0 Å². The van der Waals surface area contributed by atoms with Gasteiger partial charge < -0.3 is 10.5 Å². The molecule has 0 bridgehead atoms. The molecular formula is C11H23NO. The highest BCUT2D eigenvalue weighted by molar-refractivity contribution is 4.92. The van der Waals surface area contributed by atoms with Crippen LogP contribution in [-0.2, 0) is 4.74 Å². The highest BCUT2D eigenvalue weighted by Gasteiger charge is 2.39. The summed E-state index contributed by atoms with van der Waals surface area (Å²) < 4.78 is 5.83. The summed E-state index contributed by atoms with van der Waals surface area (Å²) in [6.45, 7) is 8.14. The zero-order chi connectivity index (χ0) is 9.95. The molecule has 0 radical (unpaired) electrons. The topological polar surface area (TPSA) is 35.2 Å². The molecule has 0 heterocycles. The lowest BCUT2D eigenvalue weighted by Crippen LogP contribution is -2.47. The third-order valence-electron chi connectivity index (χ3n) is 3.11. The first-order chi connectivity index (χ1) is 6.04. The SMILES string of the molecule is CCOC1(CN)CCCC(C)(C)C1. The second-order valence-corrected chi connectivity index (χ2v) is 5.01. The fraction of sp³-hybridized carbons (Fsp3) is 1.00. The third kappa shape index (κ3) is 2.68. The predicted molar refractivity (Wildman–Crippen MR) is 55.7 cm³/mol. The Labute approximate surface area is 81.8 Å². The number of rotatable bonds is 3. The second-order valence-electron chi connectivity index (χ2n) is 5.01. The fourth-order valence-electron chi connectivity index (χ4n) is 2.60. The number of hydrogen-bond donors (Lipinski definition) is 1. The molecule has 78 valence electrons. The summed E-state index contributed by atoms with van der Waals surface area (Å²) in [5, 5.41) is 0. The van der Waals surface area contributed by atoms with E-state index in [1.54, 1.807) is 0 Å². The van der Waals surface area contributed by atoms with Crippen LogP contribution in [0, 0.1) is 5.41 Å². The van der Waals surface area contributed by atoms with Crippen molar-refractivity contribution < 1.29 is 4.74 Å². The Hall–Kier alpha value is -0.0800. The monoisotopic (exact) mass is 185 g/mol. The Morgan fingerprint density at radius 1 is 1.31 bits per heavy atom. The van der Waals surface area contributed by atoms with Crippen LogP contribution in [0.25, 0.3) is 0 Å². The van der Waals surface area contributed by atoms with Crippen LogP contribution < -0.4 is 5.73 Å². The maximum atomic E-state index is 5.83. The summed E-state index contributed by atoms with van der Waals surface area (Å²) in [6, 6.07) is 0. The van der Waals surface area contributed by atoms with Crippen LogP contribution in [0.15, 0.2) is 0 Å². The van der Waals surface area contributed by atoms with E-state index in [4.69, 9.17) is 10.5 Å². The normalized spacial score (nSPS) is 33.2. The van der Waals surface area contributed by atoms with Gasteiger partial charge in [0, 0.05) is 13.2 Å². The molecule has 2 N–H and O–H groups in total. The maximum Gasteiger partial charge on any atom is 0.0809 e. The van der Waals surface area contributed by atoms with Gasteiger partial charge in [0.05, 0.1) is 5.60 Å². The fourth-order valence-corrected chi connectivity index (χ4v) is 2.60. The van der Waals surface area contributed by atoms with Crippen LogP contribution in [0.5, 0.6) is 0 Å². The van der Waals surface area contributed by atoms with Gasteiger partial charge in [-0.3, -0.25) is 0 Å². The minimum Gasteiger partial charge on any atom is -0.374 e. The number of ether oxygens (including phenoxy) is 1. The summed E-state index contributed by atoms with van der Waals surface area (Å²) in [6.07, 6.45) is 4.82. The third-order valence-corrected chi connectivity index (χ3v) is 3.11. The van der Waals surface area contributed by atoms with E-state index in [2.05, 4.69) is 20.8 Å². The zero-order valence-corrected chi connectivity index (χ0v) is 9.23. The Morgan fingerprint density at radius 3 is 2.46 bits per heavy atom. The first kappa shape index (κ1) is 11.0. The van der Waals surface area contributed by atoms with Crippen LogP contribution in [0.3, 0.4) is 0 Å². The van der Waals surface area contributed by atoms with Gasteiger partial charge in [0.15, 0.2) is 0 Å². The van der Waals surface area contributed by atoms with Crippen molar-refractivity contribution in [2.24, 2.45) is 11.1 Å². The Balaban J connectivity index is 2.64. The van der Waals surface area contributed by atoms with Crippen molar-refractivity contribution in [2.75, 3.05) is 13.2 Å². The maximum absolute atomic E-state index is 5.83. The molecule has 1 unspecified atom stereocenters. The molecule has 0 aliphatic heterocycles. The molecule has 1 aliphatic rings. The van der Waals surface area contributed by atoms with E-state index < -0.39 is 0 Å². The zero-order valence-electron chi connectivity index (χ0n) is 9.23. The summed E-state index contributed by atoms with van der Waals surface area (Å²) >= 11 is 0. The van der Waals surface area contributed by atoms with Gasteiger partial charge in [-0.1, -0.05) is 20.3 Å². The molecule has 0 amide bonds. The molecule has 2 heteroatoms. The Morgan fingerprint density at radius 2 is 2.00 bits per heavy atom. The van der Waals surface area contributed by atoms with Gasteiger partial charge in [0.25, 0.3) is 0 Å². The van der Waals surface area contributed by atoms with Gasteiger partial charge in [-0.25, -0.2) is 0 Å². The van der Waals surface area contributed by atoms with E-state index in [1.165, 1.54) is 12.8 Å². The van der Waals surface area contributed by atoms with Crippen molar-refractivity contribution in [3.63, 3.8) is 0 Å². The average Bonchev–Trinajstić information content (AvgIpc) is 2.03. The molecule has 1 atom stereocenters. The van der Waals surface area contributed by atoms with E-state index in [0.717, 1.165) is 19.4 Å². The number of nitrogens with two attached hydrogens (primary N) is 1. The van der Waals surface area contributed by atoms with Crippen molar-refractivity contribution >= 4 is 0 Å². The minimum atomic E-state index is -0.0174. The average molecular weight is 185 g/mol. The lowest BCUT2D eigenvalue weighted by atomic mass is 9.69. The molecule has 0 saturated heterocycles. The van der Waals surface area contributed by atoms with E-state index in [-0.39, 0.29) is 5.60 Å². The summed E-state index contributed by atoms with van der Waals surface area (Å²) in [5.41, 5.74) is 6.21. The summed E-state index contributed by atoms with van der Waals surface area (Å²) in [4.78, 5) is 0. The van der Waals surface area contributed by atoms with Gasteiger partial charge >= 0.3 is 0 Å². The highest BCUT2D eigenvalue weighted by Crippen LogP contribution is 2.42. The molecule has 2 nitrogen and oxygen atoms in total. The van der Waals surface area contributed by atoms with E-state index >= 15 is 0 Å². The predicted octanol–water partition coefficient (Wildman–Crippen LogP) is 2.32. The van der Waals surface area contributed by atoms with Crippen LogP contribution in [0.2, 0.25) is 0 Å². The molecule has 13 heavy (non-hydrogen) atoms. The van der Waals surface area contributed by atoms with Gasteiger partial charge in [-0.05, 0) is 31.6 Å². The molecule has 1 fully saturated rings. The highest BCUT2D eigenvalue weighted by atomic mass is 16.5. The van der Waals surface area contributed by atoms with Gasteiger partial charge in [-0.15, -0.1) is 0 Å². The first-order valence-corrected chi connectivity index (χ1v) is 5.38. The minimum absolute atomic E-state index is 0.0174. The molecule has 1 rings (SSSR count). The van der Waals surface area contributed by atoms with Crippen LogP contribution >= 0.6 is 0 Å². The molecule has 1 saturated carbocycles. The smallest absolute Gasteiger partial charge is 0.0809 e. The quantitative estimate of drug-likeness (QED) is 0.732. The van der Waals surface area contributed by atoms with E-state index in [9.17, 15) is 0 Å². The van der Waals surface area contributed by atoms with Crippen molar-refractivity contribution in [1.82, 2.24) is 0 Å². The molecular weight excluding hydrogens is 162 g/mol. The van der Waals surface area contributed by atoms with Gasteiger partial charge in [-0.2, -0.15) is 0 Å². The Kier molecular flexibility index (Phi) is 3.36. The Bertz CT molecular complexity index is 163. The van der Waals surface area contributed by atoms with Crippen molar-refractivity contribution in [1.29, 1.82) is 0 Å². The van der Waals surface area contributed by atoms with Crippen LogP contribution in [-0.4, -0.2) is 18.8 Å². The lowest BCUT2D eigenvalue weighted by molar-refractivity contribution is -0.0864. The van der Waals surface area contributed by atoms with Crippen molar-refractivity contribution in [2.45, 2.75) is 52.1 Å². The summed E-state index contributed by atoms with van der Waals surface area (Å²) in [5.74, 6) is 0. The summed E-state index contributed by atoms with van der Waals surface area (Å²) in [7, 11) is 0.